The Morgan fingerprint density at radius 3 is 2.50 bits per heavy atom. The monoisotopic (exact) mass is 293 g/mol. The number of halogens is 1. The Labute approximate surface area is 123 Å². The van der Waals surface area contributed by atoms with Crippen LogP contribution >= 0.6 is 11.6 Å². The van der Waals surface area contributed by atoms with E-state index in [2.05, 4.69) is 10.6 Å². The summed E-state index contributed by atoms with van der Waals surface area (Å²) in [7, 11) is 0. The van der Waals surface area contributed by atoms with Crippen molar-refractivity contribution in [3.63, 3.8) is 0 Å². The fourth-order valence-electron chi connectivity index (χ4n) is 1.46. The normalized spacial score (nSPS) is 11.1. The standard InChI is InChI=1S/C14H16ClN3O2/c1-3-17-13(12(9-16)14(19)20-4-2)18-11-7-5-10(15)6-8-11/h5-8,17-18H,3-4H2,1-2H3. The van der Waals surface area contributed by atoms with Crippen LogP contribution < -0.4 is 10.6 Å². The molecule has 0 aliphatic heterocycles. The van der Waals surface area contributed by atoms with E-state index in [1.54, 1.807) is 31.2 Å². The largest absolute Gasteiger partial charge is 0.462 e. The van der Waals surface area contributed by atoms with Gasteiger partial charge in [0.1, 0.15) is 11.9 Å². The number of hydrogen-bond acceptors (Lipinski definition) is 5. The van der Waals surface area contributed by atoms with E-state index in [0.717, 1.165) is 0 Å². The van der Waals surface area contributed by atoms with Crippen LogP contribution in [-0.4, -0.2) is 19.1 Å². The minimum Gasteiger partial charge on any atom is -0.462 e. The van der Waals surface area contributed by atoms with E-state index in [9.17, 15) is 4.79 Å². The van der Waals surface area contributed by atoms with Crippen LogP contribution in [0.4, 0.5) is 5.69 Å². The lowest BCUT2D eigenvalue weighted by atomic mass is 10.2. The van der Waals surface area contributed by atoms with Gasteiger partial charge < -0.3 is 15.4 Å². The van der Waals surface area contributed by atoms with Gasteiger partial charge >= 0.3 is 5.97 Å². The molecule has 0 saturated carbocycles. The number of carbonyl (C=O) groups excluding carboxylic acids is 1. The van der Waals surface area contributed by atoms with Crippen LogP contribution in [-0.2, 0) is 9.53 Å². The van der Waals surface area contributed by atoms with Gasteiger partial charge in [-0.05, 0) is 38.1 Å². The highest BCUT2D eigenvalue weighted by molar-refractivity contribution is 6.30. The van der Waals surface area contributed by atoms with E-state index < -0.39 is 5.97 Å². The zero-order chi connectivity index (χ0) is 15.0. The summed E-state index contributed by atoms with van der Waals surface area (Å²) >= 11 is 5.81. The first-order valence-electron chi connectivity index (χ1n) is 6.20. The maximum absolute atomic E-state index is 11.7. The van der Waals surface area contributed by atoms with Gasteiger partial charge in [-0.25, -0.2) is 4.79 Å². The number of hydrogen-bond donors (Lipinski definition) is 2. The van der Waals surface area contributed by atoms with Crippen LogP contribution in [0.15, 0.2) is 35.7 Å². The summed E-state index contributed by atoms with van der Waals surface area (Å²) in [6, 6.07) is 8.78. The maximum atomic E-state index is 11.7. The van der Waals surface area contributed by atoms with E-state index >= 15 is 0 Å². The Morgan fingerprint density at radius 2 is 2.00 bits per heavy atom. The van der Waals surface area contributed by atoms with Gasteiger partial charge in [-0.1, -0.05) is 11.6 Å². The molecule has 0 fully saturated rings. The van der Waals surface area contributed by atoms with Gasteiger partial charge in [-0.3, -0.25) is 0 Å². The van der Waals surface area contributed by atoms with E-state index in [4.69, 9.17) is 21.6 Å². The molecule has 0 heterocycles. The molecular formula is C14H16ClN3O2. The highest BCUT2D eigenvalue weighted by Crippen LogP contribution is 2.16. The summed E-state index contributed by atoms with van der Waals surface area (Å²) in [6.07, 6.45) is 0. The highest BCUT2D eigenvalue weighted by Gasteiger charge is 2.16. The number of rotatable bonds is 6. The molecule has 106 valence electrons. The second-order valence-electron chi connectivity index (χ2n) is 3.74. The number of nitrogens with zero attached hydrogens (tertiary/aromatic N) is 1. The molecule has 20 heavy (non-hydrogen) atoms. The van der Waals surface area contributed by atoms with Gasteiger partial charge in [0.2, 0.25) is 0 Å². The zero-order valence-corrected chi connectivity index (χ0v) is 12.1. The summed E-state index contributed by atoms with van der Waals surface area (Å²) in [4.78, 5) is 11.7. The lowest BCUT2D eigenvalue weighted by molar-refractivity contribution is -0.138. The first kappa shape index (κ1) is 15.9. The third-order valence-corrected chi connectivity index (χ3v) is 2.56. The van der Waals surface area contributed by atoms with Crippen LogP contribution in [0.25, 0.3) is 0 Å². The topological polar surface area (TPSA) is 74.1 Å². The predicted molar refractivity (Wildman–Crippen MR) is 78.0 cm³/mol. The van der Waals surface area contributed by atoms with Crippen LogP contribution in [0.2, 0.25) is 5.02 Å². The molecule has 0 radical (unpaired) electrons. The number of nitrogens with one attached hydrogen (secondary N) is 2. The minimum atomic E-state index is -0.660. The SMILES string of the molecule is CCNC(Nc1ccc(Cl)cc1)=C(C#N)C(=O)OCC. The van der Waals surface area contributed by atoms with Gasteiger partial charge in [0, 0.05) is 17.3 Å². The molecule has 6 heteroatoms. The smallest absolute Gasteiger partial charge is 0.352 e. The minimum absolute atomic E-state index is 0.0938. The molecule has 0 atom stereocenters. The van der Waals surface area contributed by atoms with Crippen LogP contribution in [0.3, 0.4) is 0 Å². The molecule has 0 bridgehead atoms. The first-order valence-corrected chi connectivity index (χ1v) is 6.58. The quantitative estimate of drug-likeness (QED) is 0.479. The third-order valence-electron chi connectivity index (χ3n) is 2.31. The van der Waals surface area contributed by atoms with E-state index in [0.29, 0.717) is 23.1 Å². The summed E-state index contributed by atoms with van der Waals surface area (Å²) < 4.78 is 4.86. The molecule has 0 spiro atoms. The highest BCUT2D eigenvalue weighted by atomic mass is 35.5. The molecule has 0 amide bonds. The fourth-order valence-corrected chi connectivity index (χ4v) is 1.58. The maximum Gasteiger partial charge on any atom is 0.352 e. The molecule has 0 aromatic heterocycles. The van der Waals surface area contributed by atoms with Gasteiger partial charge in [-0.15, -0.1) is 0 Å². The summed E-state index contributed by atoms with van der Waals surface area (Å²) in [5, 5.41) is 15.7. The van der Waals surface area contributed by atoms with Gasteiger partial charge in [0.25, 0.3) is 0 Å². The Kier molecular flexibility index (Phi) is 6.41. The van der Waals surface area contributed by atoms with Gasteiger partial charge in [-0.2, -0.15) is 5.26 Å². The predicted octanol–water partition coefficient (Wildman–Crippen LogP) is 2.66. The molecule has 2 N–H and O–H groups in total. The number of benzene rings is 1. The fraction of sp³-hybridized carbons (Fsp3) is 0.286. The molecule has 0 aliphatic rings. The van der Waals surface area contributed by atoms with Crippen molar-refractivity contribution in [1.82, 2.24) is 5.32 Å². The Morgan fingerprint density at radius 1 is 1.35 bits per heavy atom. The van der Waals surface area contributed by atoms with Crippen molar-refractivity contribution in [3.8, 4) is 6.07 Å². The van der Waals surface area contributed by atoms with E-state index in [1.807, 2.05) is 13.0 Å². The second-order valence-corrected chi connectivity index (χ2v) is 4.18. The Hall–Kier alpha value is -2.19. The average molecular weight is 294 g/mol. The van der Waals surface area contributed by atoms with Crippen molar-refractivity contribution in [2.24, 2.45) is 0 Å². The zero-order valence-electron chi connectivity index (χ0n) is 11.4. The Balaban J connectivity index is 3.04. The van der Waals surface area contributed by atoms with E-state index in [-0.39, 0.29) is 12.2 Å². The average Bonchev–Trinajstić information content (AvgIpc) is 2.42. The van der Waals surface area contributed by atoms with Crippen molar-refractivity contribution in [3.05, 3.63) is 40.7 Å². The molecule has 1 aromatic rings. The summed E-state index contributed by atoms with van der Waals surface area (Å²) in [5.41, 5.74) is 0.617. The first-order chi connectivity index (χ1) is 9.62. The van der Waals surface area contributed by atoms with Gasteiger partial charge in [0.15, 0.2) is 5.57 Å². The Bertz CT molecular complexity index is 532. The van der Waals surface area contributed by atoms with Crippen LogP contribution in [0.1, 0.15) is 13.8 Å². The summed E-state index contributed by atoms with van der Waals surface area (Å²) in [6.45, 7) is 4.32. The molecule has 0 unspecified atom stereocenters. The lowest BCUT2D eigenvalue weighted by Gasteiger charge is -2.14. The van der Waals surface area contributed by atoms with Crippen LogP contribution in [0.5, 0.6) is 0 Å². The van der Waals surface area contributed by atoms with Gasteiger partial charge in [0.05, 0.1) is 6.61 Å². The summed E-state index contributed by atoms with van der Waals surface area (Å²) in [5.74, 6) is -0.344. The third kappa shape index (κ3) is 4.48. The molecular weight excluding hydrogens is 278 g/mol. The number of nitriles is 1. The second kappa shape index (κ2) is 8.08. The number of esters is 1. The van der Waals surface area contributed by atoms with Crippen molar-refractivity contribution in [2.75, 3.05) is 18.5 Å². The van der Waals surface area contributed by atoms with E-state index in [1.165, 1.54) is 0 Å². The molecule has 0 aliphatic carbocycles. The number of carbonyl (C=O) groups is 1. The van der Waals surface area contributed by atoms with Crippen molar-refractivity contribution < 1.29 is 9.53 Å². The molecule has 0 saturated heterocycles. The van der Waals surface area contributed by atoms with Crippen molar-refractivity contribution in [2.45, 2.75) is 13.8 Å². The van der Waals surface area contributed by atoms with Crippen LogP contribution in [0, 0.1) is 11.3 Å². The lowest BCUT2D eigenvalue weighted by Crippen LogP contribution is -2.24. The van der Waals surface area contributed by atoms with Crippen molar-refractivity contribution in [1.29, 1.82) is 5.26 Å². The van der Waals surface area contributed by atoms with Crippen molar-refractivity contribution >= 4 is 23.3 Å². The number of ether oxygens (including phenoxy) is 1. The molecule has 1 rings (SSSR count). The molecule has 5 nitrogen and oxygen atoms in total. The molecule has 1 aromatic carbocycles. The number of anilines is 1.